The number of carboxylic acids is 1. The molecule has 1 saturated heterocycles. The van der Waals surface area contributed by atoms with Crippen LogP contribution in [-0.2, 0) is 20.9 Å². The fraction of sp³-hybridized carbons (Fsp3) is 0.444. The molecule has 3 rings (SSSR count). The quantitative estimate of drug-likeness (QED) is 0.726. The van der Waals surface area contributed by atoms with E-state index in [9.17, 15) is 19.2 Å². The number of carboxylic acid groups (broad SMARTS) is 1. The molecule has 2 N–H and O–H groups in total. The highest BCUT2D eigenvalue weighted by Gasteiger charge is 2.40. The maximum atomic E-state index is 12.8. The van der Waals surface area contributed by atoms with Crippen LogP contribution in [0.5, 0.6) is 0 Å². The molecule has 0 saturated carbocycles. The maximum absolute atomic E-state index is 12.8. The molecule has 2 heterocycles. The van der Waals surface area contributed by atoms with Gasteiger partial charge >= 0.3 is 5.97 Å². The Labute approximate surface area is 150 Å². The molecule has 8 nitrogen and oxygen atoms in total. The Morgan fingerprint density at radius 2 is 2.12 bits per heavy atom. The number of amides is 3. The first-order valence-corrected chi connectivity index (χ1v) is 8.58. The number of benzene rings is 1. The first-order valence-electron chi connectivity index (χ1n) is 8.58. The van der Waals surface area contributed by atoms with Gasteiger partial charge in [-0.3, -0.25) is 24.5 Å². The van der Waals surface area contributed by atoms with E-state index in [2.05, 4.69) is 5.32 Å². The number of nitrogens with one attached hydrogen (secondary N) is 1. The lowest BCUT2D eigenvalue weighted by molar-refractivity contribution is -0.138. The minimum Gasteiger partial charge on any atom is -0.481 e. The van der Waals surface area contributed by atoms with Crippen molar-refractivity contribution in [1.29, 1.82) is 0 Å². The second kappa shape index (κ2) is 7.15. The SMILES string of the molecule is CN(CCCC(=O)O)c1cccc2c1CN(C1CCC(=O)NC1=O)C2=O. The molecule has 0 radical (unpaired) electrons. The van der Waals surface area contributed by atoms with Crippen molar-refractivity contribution in [3.05, 3.63) is 29.3 Å². The van der Waals surface area contributed by atoms with Crippen LogP contribution >= 0.6 is 0 Å². The normalized spacial score (nSPS) is 19.3. The van der Waals surface area contributed by atoms with Gasteiger partial charge in [0.15, 0.2) is 0 Å². The molecule has 1 unspecified atom stereocenters. The minimum atomic E-state index is -0.837. The molecule has 1 aromatic carbocycles. The Bertz CT molecular complexity index is 776. The largest absolute Gasteiger partial charge is 0.481 e. The molecule has 1 aromatic rings. The predicted octanol–water partition coefficient (Wildman–Crippen LogP) is 0.749. The second-order valence-corrected chi connectivity index (χ2v) is 6.62. The topological polar surface area (TPSA) is 107 Å². The Morgan fingerprint density at radius 3 is 2.81 bits per heavy atom. The number of carbonyl (C=O) groups excluding carboxylic acids is 3. The van der Waals surface area contributed by atoms with Crippen LogP contribution in [-0.4, -0.2) is 53.3 Å². The van der Waals surface area contributed by atoms with E-state index < -0.39 is 17.9 Å². The van der Waals surface area contributed by atoms with Crippen molar-refractivity contribution in [1.82, 2.24) is 10.2 Å². The first kappa shape index (κ1) is 17.9. The number of hydrogen-bond acceptors (Lipinski definition) is 5. The summed E-state index contributed by atoms with van der Waals surface area (Å²) < 4.78 is 0. The first-order chi connectivity index (χ1) is 12.4. The number of imide groups is 1. The van der Waals surface area contributed by atoms with E-state index in [1.165, 1.54) is 4.90 Å². The zero-order chi connectivity index (χ0) is 18.8. The van der Waals surface area contributed by atoms with E-state index in [4.69, 9.17) is 5.11 Å². The van der Waals surface area contributed by atoms with E-state index in [1.54, 1.807) is 12.1 Å². The Kier molecular flexibility index (Phi) is 4.92. The van der Waals surface area contributed by atoms with Crippen molar-refractivity contribution in [3.8, 4) is 0 Å². The van der Waals surface area contributed by atoms with Crippen LogP contribution in [0.1, 0.15) is 41.6 Å². The van der Waals surface area contributed by atoms with Crippen molar-refractivity contribution < 1.29 is 24.3 Å². The molecule has 3 amide bonds. The lowest BCUT2D eigenvalue weighted by Gasteiger charge is -2.29. The van der Waals surface area contributed by atoms with Gasteiger partial charge in [-0.05, 0) is 25.0 Å². The number of rotatable bonds is 6. The van der Waals surface area contributed by atoms with Gasteiger partial charge in [-0.15, -0.1) is 0 Å². The molecule has 8 heteroatoms. The molecule has 0 spiro atoms. The highest BCUT2D eigenvalue weighted by Crippen LogP contribution is 2.33. The van der Waals surface area contributed by atoms with Gasteiger partial charge in [0, 0.05) is 49.8 Å². The number of carbonyl (C=O) groups is 4. The van der Waals surface area contributed by atoms with E-state index in [1.807, 2.05) is 18.0 Å². The molecule has 1 fully saturated rings. The van der Waals surface area contributed by atoms with Gasteiger partial charge in [-0.25, -0.2) is 0 Å². The molecule has 1 atom stereocenters. The molecule has 0 bridgehead atoms. The molecular formula is C18H21N3O5. The van der Waals surface area contributed by atoms with Crippen molar-refractivity contribution in [2.45, 2.75) is 38.3 Å². The molecule has 2 aliphatic rings. The highest BCUT2D eigenvalue weighted by molar-refractivity contribution is 6.06. The highest BCUT2D eigenvalue weighted by atomic mass is 16.4. The van der Waals surface area contributed by atoms with Gasteiger partial charge in [0.1, 0.15) is 6.04 Å². The van der Waals surface area contributed by atoms with Crippen LogP contribution < -0.4 is 10.2 Å². The summed E-state index contributed by atoms with van der Waals surface area (Å²) in [6.07, 6.45) is 1.13. The minimum absolute atomic E-state index is 0.0840. The molecule has 0 aromatic heterocycles. The van der Waals surface area contributed by atoms with Crippen LogP contribution in [0.4, 0.5) is 5.69 Å². The lowest BCUT2D eigenvalue weighted by atomic mass is 10.0. The summed E-state index contributed by atoms with van der Waals surface area (Å²) in [6, 6.07) is 4.77. The Morgan fingerprint density at radius 1 is 1.35 bits per heavy atom. The van der Waals surface area contributed by atoms with Gasteiger partial charge in [0.2, 0.25) is 11.8 Å². The zero-order valence-corrected chi connectivity index (χ0v) is 14.5. The third kappa shape index (κ3) is 3.40. The van der Waals surface area contributed by atoms with E-state index in [-0.39, 0.29) is 24.7 Å². The van der Waals surface area contributed by atoms with E-state index >= 15 is 0 Å². The Hall–Kier alpha value is -2.90. The average Bonchev–Trinajstić information content (AvgIpc) is 2.91. The van der Waals surface area contributed by atoms with Gasteiger partial charge in [0.25, 0.3) is 5.91 Å². The monoisotopic (exact) mass is 359 g/mol. The third-order valence-electron chi connectivity index (χ3n) is 4.85. The number of hydrogen-bond donors (Lipinski definition) is 2. The number of anilines is 1. The van der Waals surface area contributed by atoms with Crippen LogP contribution in [0.25, 0.3) is 0 Å². The smallest absolute Gasteiger partial charge is 0.303 e. The van der Waals surface area contributed by atoms with Crippen molar-refractivity contribution in [2.75, 3.05) is 18.5 Å². The molecule has 0 aliphatic carbocycles. The summed E-state index contributed by atoms with van der Waals surface area (Å²) in [5.74, 6) is -1.79. The standard InChI is InChI=1S/C18H21N3O5/c1-20(9-3-6-16(23)24)13-5-2-4-11-12(13)10-21(18(11)26)14-7-8-15(22)19-17(14)25/h2,4-5,14H,3,6-10H2,1H3,(H,23,24)(H,19,22,25). The van der Waals surface area contributed by atoms with Crippen LogP contribution in [0, 0.1) is 0 Å². The lowest BCUT2D eigenvalue weighted by Crippen LogP contribution is -2.52. The fourth-order valence-corrected chi connectivity index (χ4v) is 3.51. The summed E-state index contributed by atoms with van der Waals surface area (Å²) in [6.45, 7) is 0.856. The van der Waals surface area contributed by atoms with E-state index in [0.29, 0.717) is 31.5 Å². The summed E-state index contributed by atoms with van der Waals surface area (Å²) in [5, 5.41) is 11.1. The molecular weight excluding hydrogens is 338 g/mol. The number of aliphatic carboxylic acids is 1. The number of fused-ring (bicyclic) bond motifs is 1. The molecule has 138 valence electrons. The van der Waals surface area contributed by atoms with Crippen molar-refractivity contribution in [2.24, 2.45) is 0 Å². The summed E-state index contributed by atoms with van der Waals surface area (Å²) in [4.78, 5) is 50.4. The van der Waals surface area contributed by atoms with Crippen LogP contribution in [0.2, 0.25) is 0 Å². The summed E-state index contributed by atoms with van der Waals surface area (Å²) >= 11 is 0. The Balaban J connectivity index is 1.78. The summed E-state index contributed by atoms with van der Waals surface area (Å²) in [7, 11) is 1.86. The molecule has 2 aliphatic heterocycles. The van der Waals surface area contributed by atoms with Gasteiger partial charge in [-0.1, -0.05) is 6.07 Å². The number of piperidine rings is 1. The zero-order valence-electron chi connectivity index (χ0n) is 14.5. The van der Waals surface area contributed by atoms with E-state index in [0.717, 1.165) is 11.3 Å². The second-order valence-electron chi connectivity index (χ2n) is 6.62. The average molecular weight is 359 g/mol. The predicted molar refractivity (Wildman–Crippen MR) is 92.6 cm³/mol. The van der Waals surface area contributed by atoms with Gasteiger partial charge in [0.05, 0.1) is 0 Å². The van der Waals surface area contributed by atoms with Crippen molar-refractivity contribution in [3.63, 3.8) is 0 Å². The van der Waals surface area contributed by atoms with Gasteiger partial charge in [-0.2, -0.15) is 0 Å². The van der Waals surface area contributed by atoms with Crippen LogP contribution in [0.15, 0.2) is 18.2 Å². The van der Waals surface area contributed by atoms with Gasteiger partial charge < -0.3 is 14.9 Å². The fourth-order valence-electron chi connectivity index (χ4n) is 3.51. The maximum Gasteiger partial charge on any atom is 0.303 e. The number of nitrogens with zero attached hydrogens (tertiary/aromatic N) is 2. The third-order valence-corrected chi connectivity index (χ3v) is 4.85. The van der Waals surface area contributed by atoms with Crippen molar-refractivity contribution >= 4 is 29.4 Å². The van der Waals surface area contributed by atoms with Crippen LogP contribution in [0.3, 0.4) is 0 Å². The summed E-state index contributed by atoms with van der Waals surface area (Å²) in [5.41, 5.74) is 2.24. The molecule has 26 heavy (non-hydrogen) atoms.